The van der Waals surface area contributed by atoms with Crippen LogP contribution in [0.1, 0.15) is 45.2 Å². The zero-order valence-corrected chi connectivity index (χ0v) is 12.1. The summed E-state index contributed by atoms with van der Waals surface area (Å²) in [5.41, 5.74) is 0.117. The number of benzene rings is 1. The standard InChI is InChI=1S/C15H23F2NO/c1-5-8-18-14(10-15(2,3)19-4)12-7-6-11(16)9-13(12)17/h6-7,9,14,18H,5,8,10H2,1-4H3. The first-order valence-electron chi connectivity index (χ1n) is 6.63. The molecule has 0 saturated carbocycles. The summed E-state index contributed by atoms with van der Waals surface area (Å²) in [4.78, 5) is 0. The maximum Gasteiger partial charge on any atom is 0.130 e. The highest BCUT2D eigenvalue weighted by Crippen LogP contribution is 2.28. The van der Waals surface area contributed by atoms with Crippen molar-refractivity contribution in [2.24, 2.45) is 0 Å². The molecule has 2 nitrogen and oxygen atoms in total. The number of hydrogen-bond acceptors (Lipinski definition) is 2. The Kier molecular flexibility index (Phi) is 5.88. The van der Waals surface area contributed by atoms with E-state index in [1.54, 1.807) is 7.11 Å². The first kappa shape index (κ1) is 16.1. The number of nitrogens with one attached hydrogen (secondary N) is 1. The number of rotatable bonds is 7. The van der Waals surface area contributed by atoms with Gasteiger partial charge >= 0.3 is 0 Å². The zero-order chi connectivity index (χ0) is 14.5. The minimum atomic E-state index is -0.554. The third kappa shape index (κ3) is 4.88. The third-order valence-corrected chi connectivity index (χ3v) is 3.23. The Balaban J connectivity index is 2.95. The predicted molar refractivity (Wildman–Crippen MR) is 73.1 cm³/mol. The van der Waals surface area contributed by atoms with E-state index in [-0.39, 0.29) is 11.6 Å². The molecule has 19 heavy (non-hydrogen) atoms. The predicted octanol–water partition coefficient (Wildman–Crippen LogP) is 3.82. The molecular formula is C15H23F2NO. The van der Waals surface area contributed by atoms with Gasteiger partial charge in [-0.2, -0.15) is 0 Å². The summed E-state index contributed by atoms with van der Waals surface area (Å²) in [6.07, 6.45) is 1.57. The number of halogens is 2. The van der Waals surface area contributed by atoms with Crippen LogP contribution in [0.3, 0.4) is 0 Å². The Hall–Kier alpha value is -1.00. The van der Waals surface area contributed by atoms with E-state index in [2.05, 4.69) is 5.32 Å². The fourth-order valence-electron chi connectivity index (χ4n) is 1.97. The SMILES string of the molecule is CCCNC(CC(C)(C)OC)c1ccc(F)cc1F. The maximum atomic E-state index is 13.9. The normalized spacial score (nSPS) is 13.6. The number of ether oxygens (including phenoxy) is 1. The van der Waals surface area contributed by atoms with Gasteiger partial charge in [0.15, 0.2) is 0 Å². The second kappa shape index (κ2) is 6.96. The fraction of sp³-hybridized carbons (Fsp3) is 0.600. The van der Waals surface area contributed by atoms with Gasteiger partial charge in [-0.15, -0.1) is 0 Å². The summed E-state index contributed by atoms with van der Waals surface area (Å²) in [5, 5.41) is 3.29. The summed E-state index contributed by atoms with van der Waals surface area (Å²) in [6.45, 7) is 6.73. The topological polar surface area (TPSA) is 21.3 Å². The monoisotopic (exact) mass is 271 g/mol. The van der Waals surface area contributed by atoms with Crippen molar-refractivity contribution in [1.29, 1.82) is 0 Å². The average molecular weight is 271 g/mol. The van der Waals surface area contributed by atoms with Crippen LogP contribution in [0.4, 0.5) is 8.78 Å². The lowest BCUT2D eigenvalue weighted by atomic mass is 9.93. The molecule has 0 saturated heterocycles. The Bertz CT molecular complexity index is 407. The molecule has 0 radical (unpaired) electrons. The summed E-state index contributed by atoms with van der Waals surface area (Å²) in [6, 6.07) is 3.54. The molecule has 0 heterocycles. The van der Waals surface area contributed by atoms with E-state index in [9.17, 15) is 8.78 Å². The van der Waals surface area contributed by atoms with Crippen molar-refractivity contribution in [3.8, 4) is 0 Å². The van der Waals surface area contributed by atoms with E-state index < -0.39 is 11.6 Å². The Morgan fingerprint density at radius 3 is 2.53 bits per heavy atom. The molecule has 0 amide bonds. The second-order valence-electron chi connectivity index (χ2n) is 5.34. The molecule has 108 valence electrons. The zero-order valence-electron chi connectivity index (χ0n) is 12.1. The molecule has 0 aliphatic rings. The van der Waals surface area contributed by atoms with E-state index >= 15 is 0 Å². The largest absolute Gasteiger partial charge is 0.379 e. The van der Waals surface area contributed by atoms with Crippen LogP contribution in [0.5, 0.6) is 0 Å². The molecule has 0 aromatic heterocycles. The van der Waals surface area contributed by atoms with E-state index in [1.165, 1.54) is 12.1 Å². The number of hydrogen-bond donors (Lipinski definition) is 1. The van der Waals surface area contributed by atoms with Gasteiger partial charge in [-0.3, -0.25) is 0 Å². The lowest BCUT2D eigenvalue weighted by Crippen LogP contribution is -2.33. The summed E-state index contributed by atoms with van der Waals surface area (Å²) < 4.78 is 32.3. The summed E-state index contributed by atoms with van der Waals surface area (Å²) in [7, 11) is 1.64. The molecule has 0 aliphatic heterocycles. The van der Waals surface area contributed by atoms with Crippen molar-refractivity contribution < 1.29 is 13.5 Å². The van der Waals surface area contributed by atoms with Crippen molar-refractivity contribution >= 4 is 0 Å². The highest BCUT2D eigenvalue weighted by atomic mass is 19.1. The summed E-state index contributed by atoms with van der Waals surface area (Å²) in [5.74, 6) is -1.07. The van der Waals surface area contributed by atoms with Crippen molar-refractivity contribution in [1.82, 2.24) is 5.32 Å². The van der Waals surface area contributed by atoms with Crippen LogP contribution in [0.2, 0.25) is 0 Å². The van der Waals surface area contributed by atoms with Crippen molar-refractivity contribution in [3.63, 3.8) is 0 Å². The molecule has 1 aromatic carbocycles. The Labute approximate surface area is 114 Å². The molecule has 0 fully saturated rings. The molecule has 1 aromatic rings. The average Bonchev–Trinajstić information content (AvgIpc) is 2.35. The minimum absolute atomic E-state index is 0.185. The lowest BCUT2D eigenvalue weighted by molar-refractivity contribution is 0.00658. The van der Waals surface area contributed by atoms with Crippen molar-refractivity contribution in [2.45, 2.75) is 45.3 Å². The van der Waals surface area contributed by atoms with Crippen LogP contribution in [-0.4, -0.2) is 19.3 Å². The summed E-state index contributed by atoms with van der Waals surface area (Å²) >= 11 is 0. The lowest BCUT2D eigenvalue weighted by Gasteiger charge is -2.29. The molecule has 0 aliphatic carbocycles. The van der Waals surface area contributed by atoms with Gasteiger partial charge in [0.25, 0.3) is 0 Å². The first-order chi connectivity index (χ1) is 8.89. The second-order valence-corrected chi connectivity index (χ2v) is 5.34. The fourth-order valence-corrected chi connectivity index (χ4v) is 1.97. The van der Waals surface area contributed by atoms with Crippen LogP contribution in [0.25, 0.3) is 0 Å². The third-order valence-electron chi connectivity index (χ3n) is 3.23. The van der Waals surface area contributed by atoms with Crippen LogP contribution in [0, 0.1) is 11.6 Å². The van der Waals surface area contributed by atoms with E-state index in [4.69, 9.17) is 4.74 Å². The maximum absolute atomic E-state index is 13.9. The van der Waals surface area contributed by atoms with Gasteiger partial charge in [0, 0.05) is 24.8 Å². The van der Waals surface area contributed by atoms with Gasteiger partial charge in [0.05, 0.1) is 5.60 Å². The molecular weight excluding hydrogens is 248 g/mol. The first-order valence-corrected chi connectivity index (χ1v) is 6.63. The van der Waals surface area contributed by atoms with Gasteiger partial charge in [-0.25, -0.2) is 8.78 Å². The van der Waals surface area contributed by atoms with E-state index in [1.807, 2.05) is 20.8 Å². The van der Waals surface area contributed by atoms with Gasteiger partial charge in [0.1, 0.15) is 11.6 Å². The van der Waals surface area contributed by atoms with Gasteiger partial charge in [-0.1, -0.05) is 13.0 Å². The Morgan fingerprint density at radius 1 is 1.32 bits per heavy atom. The molecule has 1 N–H and O–H groups in total. The highest BCUT2D eigenvalue weighted by molar-refractivity contribution is 5.22. The van der Waals surface area contributed by atoms with Gasteiger partial charge < -0.3 is 10.1 Å². The van der Waals surface area contributed by atoms with Gasteiger partial charge in [0.2, 0.25) is 0 Å². The molecule has 1 rings (SSSR count). The molecule has 1 unspecified atom stereocenters. The smallest absolute Gasteiger partial charge is 0.130 e. The van der Waals surface area contributed by atoms with Crippen LogP contribution in [0.15, 0.2) is 18.2 Å². The quantitative estimate of drug-likeness (QED) is 0.814. The van der Waals surface area contributed by atoms with Crippen LogP contribution in [-0.2, 0) is 4.74 Å². The van der Waals surface area contributed by atoms with E-state index in [0.29, 0.717) is 12.0 Å². The molecule has 1 atom stereocenters. The van der Waals surface area contributed by atoms with Gasteiger partial charge in [-0.05, 0) is 39.3 Å². The molecule has 4 heteroatoms. The molecule has 0 bridgehead atoms. The molecule has 0 spiro atoms. The Morgan fingerprint density at radius 2 is 2.00 bits per heavy atom. The highest BCUT2D eigenvalue weighted by Gasteiger charge is 2.25. The minimum Gasteiger partial charge on any atom is -0.379 e. The van der Waals surface area contributed by atoms with Crippen LogP contribution < -0.4 is 5.32 Å². The number of methoxy groups -OCH3 is 1. The van der Waals surface area contributed by atoms with E-state index in [0.717, 1.165) is 19.0 Å². The van der Waals surface area contributed by atoms with Crippen molar-refractivity contribution in [2.75, 3.05) is 13.7 Å². The van der Waals surface area contributed by atoms with Crippen molar-refractivity contribution in [3.05, 3.63) is 35.4 Å². The van der Waals surface area contributed by atoms with Crippen LogP contribution >= 0.6 is 0 Å².